The van der Waals surface area contributed by atoms with Crippen LogP contribution in [0.1, 0.15) is 40.9 Å². The minimum absolute atomic E-state index is 0.0105. The molecule has 1 aliphatic rings. The molecule has 1 N–H and O–H groups in total. The Morgan fingerprint density at radius 3 is 2.81 bits per heavy atom. The lowest BCUT2D eigenvalue weighted by Gasteiger charge is -2.21. The predicted octanol–water partition coefficient (Wildman–Crippen LogP) is 2.65. The van der Waals surface area contributed by atoms with Gasteiger partial charge in [0.25, 0.3) is 5.91 Å². The largest absolute Gasteiger partial charge is 0.497 e. The maximum atomic E-state index is 12.5. The number of aryl methyl sites for hydroxylation is 1. The van der Waals surface area contributed by atoms with Crippen LogP contribution in [0, 0.1) is 6.92 Å². The van der Waals surface area contributed by atoms with E-state index in [9.17, 15) is 9.59 Å². The first-order valence-corrected chi connectivity index (χ1v) is 9.31. The average Bonchev–Trinajstić information content (AvgIpc) is 2.91. The van der Waals surface area contributed by atoms with Gasteiger partial charge in [0.15, 0.2) is 0 Å². The van der Waals surface area contributed by atoms with Gasteiger partial charge in [0.2, 0.25) is 5.91 Å². The SMILES string of the molecule is COc1cccc(CN2CCC(NC(=O)c3ccn(C)c3C)CCC2=O)c1. The summed E-state index contributed by atoms with van der Waals surface area (Å²) >= 11 is 0. The van der Waals surface area contributed by atoms with Crippen molar-refractivity contribution < 1.29 is 14.3 Å². The first-order chi connectivity index (χ1) is 13.0. The molecule has 0 saturated carbocycles. The lowest BCUT2D eigenvalue weighted by Crippen LogP contribution is -2.36. The summed E-state index contributed by atoms with van der Waals surface area (Å²) in [5, 5.41) is 3.10. The number of rotatable bonds is 5. The van der Waals surface area contributed by atoms with Crippen LogP contribution in [0.3, 0.4) is 0 Å². The van der Waals surface area contributed by atoms with Gasteiger partial charge in [-0.15, -0.1) is 0 Å². The Kier molecular flexibility index (Phi) is 5.84. The highest BCUT2D eigenvalue weighted by Gasteiger charge is 2.24. The zero-order chi connectivity index (χ0) is 19.4. The van der Waals surface area contributed by atoms with E-state index in [2.05, 4.69) is 5.32 Å². The summed E-state index contributed by atoms with van der Waals surface area (Å²) in [7, 11) is 3.56. The highest BCUT2D eigenvalue weighted by molar-refractivity contribution is 5.95. The number of methoxy groups -OCH3 is 1. The Morgan fingerprint density at radius 2 is 2.11 bits per heavy atom. The fraction of sp³-hybridized carbons (Fsp3) is 0.429. The van der Waals surface area contributed by atoms with Crippen LogP contribution >= 0.6 is 0 Å². The van der Waals surface area contributed by atoms with Crippen molar-refractivity contribution in [2.75, 3.05) is 13.7 Å². The van der Waals surface area contributed by atoms with E-state index >= 15 is 0 Å². The maximum Gasteiger partial charge on any atom is 0.253 e. The monoisotopic (exact) mass is 369 g/mol. The van der Waals surface area contributed by atoms with Crippen LogP contribution < -0.4 is 10.1 Å². The number of nitrogens with zero attached hydrogens (tertiary/aromatic N) is 2. The van der Waals surface area contributed by atoms with Crippen LogP contribution in [-0.4, -0.2) is 41.0 Å². The Bertz CT molecular complexity index is 828. The van der Waals surface area contributed by atoms with Gasteiger partial charge in [0, 0.05) is 44.5 Å². The van der Waals surface area contributed by atoms with Gasteiger partial charge in [-0.05, 0) is 43.5 Å². The minimum atomic E-state index is -0.0632. The molecule has 6 heteroatoms. The summed E-state index contributed by atoms with van der Waals surface area (Å²) in [6.07, 6.45) is 3.76. The van der Waals surface area contributed by atoms with Crippen LogP contribution in [-0.2, 0) is 18.4 Å². The van der Waals surface area contributed by atoms with Gasteiger partial charge < -0.3 is 19.5 Å². The topological polar surface area (TPSA) is 63.6 Å². The summed E-state index contributed by atoms with van der Waals surface area (Å²) < 4.78 is 7.19. The van der Waals surface area contributed by atoms with Gasteiger partial charge in [0.1, 0.15) is 5.75 Å². The summed E-state index contributed by atoms with van der Waals surface area (Å²) in [6, 6.07) is 9.62. The van der Waals surface area contributed by atoms with Gasteiger partial charge in [-0.25, -0.2) is 0 Å². The second kappa shape index (κ2) is 8.29. The number of carbonyl (C=O) groups is 2. The molecule has 144 valence electrons. The molecule has 1 aromatic carbocycles. The molecule has 1 atom stereocenters. The predicted molar refractivity (Wildman–Crippen MR) is 104 cm³/mol. The zero-order valence-electron chi connectivity index (χ0n) is 16.2. The molecule has 1 aromatic heterocycles. The van der Waals surface area contributed by atoms with Gasteiger partial charge in [0.05, 0.1) is 12.7 Å². The van der Waals surface area contributed by atoms with Crippen molar-refractivity contribution in [1.82, 2.24) is 14.8 Å². The first kappa shape index (κ1) is 19.0. The van der Waals surface area contributed by atoms with E-state index in [1.54, 1.807) is 7.11 Å². The second-order valence-corrected chi connectivity index (χ2v) is 7.09. The maximum absolute atomic E-state index is 12.5. The van der Waals surface area contributed by atoms with Crippen molar-refractivity contribution >= 4 is 11.8 Å². The zero-order valence-corrected chi connectivity index (χ0v) is 16.2. The highest BCUT2D eigenvalue weighted by Crippen LogP contribution is 2.19. The lowest BCUT2D eigenvalue weighted by molar-refractivity contribution is -0.131. The van der Waals surface area contributed by atoms with Gasteiger partial charge in [-0.3, -0.25) is 9.59 Å². The second-order valence-electron chi connectivity index (χ2n) is 7.09. The molecule has 2 amide bonds. The smallest absolute Gasteiger partial charge is 0.253 e. The first-order valence-electron chi connectivity index (χ1n) is 9.31. The third-order valence-corrected chi connectivity index (χ3v) is 5.28. The van der Waals surface area contributed by atoms with Crippen LogP contribution in [0.2, 0.25) is 0 Å². The molecular weight excluding hydrogens is 342 g/mol. The molecule has 1 fully saturated rings. The van der Waals surface area contributed by atoms with Crippen molar-refractivity contribution in [1.29, 1.82) is 0 Å². The van der Waals surface area contributed by atoms with Crippen molar-refractivity contribution in [2.45, 2.75) is 38.8 Å². The number of benzene rings is 1. The summed E-state index contributed by atoms with van der Waals surface area (Å²) in [5.74, 6) is 0.857. The van der Waals surface area contributed by atoms with Crippen molar-refractivity contribution in [2.24, 2.45) is 7.05 Å². The van der Waals surface area contributed by atoms with Crippen molar-refractivity contribution in [3.63, 3.8) is 0 Å². The summed E-state index contributed by atoms with van der Waals surface area (Å²) in [4.78, 5) is 26.9. The Morgan fingerprint density at radius 1 is 1.30 bits per heavy atom. The third-order valence-electron chi connectivity index (χ3n) is 5.28. The van der Waals surface area contributed by atoms with E-state index in [1.807, 2.05) is 60.0 Å². The standard InChI is InChI=1S/C21H27N3O3/c1-15-19(10-11-23(15)2)21(26)22-17-7-8-20(25)24(12-9-17)14-16-5-4-6-18(13-16)27-3/h4-6,10-11,13,17H,7-9,12,14H2,1-3H3,(H,22,26). The molecule has 1 unspecified atom stereocenters. The molecule has 0 bridgehead atoms. The molecule has 1 saturated heterocycles. The molecule has 2 heterocycles. The molecule has 3 rings (SSSR count). The Labute approximate surface area is 160 Å². The number of aromatic nitrogens is 1. The summed E-state index contributed by atoms with van der Waals surface area (Å²) in [5.41, 5.74) is 2.68. The molecule has 1 aliphatic heterocycles. The lowest BCUT2D eigenvalue weighted by atomic mass is 10.1. The number of hydrogen-bond acceptors (Lipinski definition) is 3. The van der Waals surface area contributed by atoms with E-state index in [0.29, 0.717) is 31.5 Å². The molecule has 6 nitrogen and oxygen atoms in total. The number of nitrogens with one attached hydrogen (secondary N) is 1. The summed E-state index contributed by atoms with van der Waals surface area (Å²) in [6.45, 7) is 3.13. The average molecular weight is 369 g/mol. The quantitative estimate of drug-likeness (QED) is 0.881. The molecule has 0 radical (unpaired) electrons. The van der Waals surface area contributed by atoms with E-state index in [4.69, 9.17) is 4.74 Å². The number of carbonyl (C=O) groups excluding carboxylic acids is 2. The number of hydrogen-bond donors (Lipinski definition) is 1. The minimum Gasteiger partial charge on any atom is -0.497 e. The fourth-order valence-electron chi connectivity index (χ4n) is 3.45. The van der Waals surface area contributed by atoms with Crippen molar-refractivity contribution in [3.8, 4) is 5.75 Å². The Hall–Kier alpha value is -2.76. The normalized spacial score (nSPS) is 17.5. The van der Waals surface area contributed by atoms with Gasteiger partial charge in [-0.1, -0.05) is 12.1 Å². The van der Waals surface area contributed by atoms with E-state index in [0.717, 1.165) is 23.4 Å². The third kappa shape index (κ3) is 4.51. The van der Waals surface area contributed by atoms with E-state index < -0.39 is 0 Å². The molecule has 0 aliphatic carbocycles. The highest BCUT2D eigenvalue weighted by atomic mass is 16.5. The van der Waals surface area contributed by atoms with Gasteiger partial charge in [-0.2, -0.15) is 0 Å². The van der Waals surface area contributed by atoms with Crippen LogP contribution in [0.15, 0.2) is 36.5 Å². The fourth-order valence-corrected chi connectivity index (χ4v) is 3.45. The molecule has 27 heavy (non-hydrogen) atoms. The van der Waals surface area contributed by atoms with Crippen LogP contribution in [0.4, 0.5) is 0 Å². The number of amides is 2. The van der Waals surface area contributed by atoms with E-state index in [-0.39, 0.29) is 17.9 Å². The van der Waals surface area contributed by atoms with Crippen LogP contribution in [0.5, 0.6) is 5.75 Å². The van der Waals surface area contributed by atoms with Gasteiger partial charge >= 0.3 is 0 Å². The van der Waals surface area contributed by atoms with E-state index in [1.165, 1.54) is 0 Å². The molecule has 0 spiro atoms. The molecule has 2 aromatic rings. The number of ether oxygens (including phenoxy) is 1. The number of likely N-dealkylation sites (tertiary alicyclic amines) is 1. The van der Waals surface area contributed by atoms with Crippen LogP contribution in [0.25, 0.3) is 0 Å². The Balaban J connectivity index is 1.61. The van der Waals surface area contributed by atoms with Crippen molar-refractivity contribution in [3.05, 3.63) is 53.3 Å². The molecular formula is C21H27N3O3.